The molecule has 1 aliphatic heterocycles. The Morgan fingerprint density at radius 3 is 2.54 bits per heavy atom. The van der Waals surface area contributed by atoms with Crippen molar-refractivity contribution in [1.29, 1.82) is 0 Å². The van der Waals surface area contributed by atoms with Gasteiger partial charge < -0.3 is 29.2 Å². The highest BCUT2D eigenvalue weighted by Crippen LogP contribution is 2.36. The molecule has 10 heteroatoms. The summed E-state index contributed by atoms with van der Waals surface area (Å²) in [7, 11) is 1.52. The Balaban J connectivity index is 1.62. The van der Waals surface area contributed by atoms with Crippen LogP contribution in [0, 0.1) is 0 Å². The molecule has 0 aliphatic carbocycles. The minimum atomic E-state index is -0.425. The molecule has 2 heterocycles. The van der Waals surface area contributed by atoms with Crippen LogP contribution in [0.15, 0.2) is 60.9 Å². The first-order valence-corrected chi connectivity index (χ1v) is 11.7. The monoisotopic (exact) mass is 505 g/mol. The van der Waals surface area contributed by atoms with Crippen LogP contribution >= 0.6 is 0 Å². The molecule has 0 atom stereocenters. The highest BCUT2D eigenvalue weighted by molar-refractivity contribution is 6.04. The maximum Gasteiger partial charge on any atom is 0.410 e. The van der Waals surface area contributed by atoms with E-state index < -0.39 is 6.09 Å². The lowest BCUT2D eigenvalue weighted by atomic mass is 10.1. The molecule has 37 heavy (non-hydrogen) atoms. The molecular formula is C27H27N3O7. The van der Waals surface area contributed by atoms with Crippen molar-refractivity contribution < 1.29 is 33.3 Å². The van der Waals surface area contributed by atoms with Gasteiger partial charge in [0.25, 0.3) is 5.91 Å². The second-order valence-corrected chi connectivity index (χ2v) is 8.12. The number of benzene rings is 2. The highest BCUT2D eigenvalue weighted by atomic mass is 16.6. The van der Waals surface area contributed by atoms with E-state index in [1.54, 1.807) is 72.7 Å². The molecule has 1 aromatic heterocycles. The third-order valence-corrected chi connectivity index (χ3v) is 5.57. The average molecular weight is 506 g/mol. The lowest BCUT2D eigenvalue weighted by Gasteiger charge is -2.19. The van der Waals surface area contributed by atoms with Crippen LogP contribution in [-0.4, -0.2) is 54.7 Å². The van der Waals surface area contributed by atoms with Crippen LogP contribution in [0.2, 0.25) is 0 Å². The summed E-state index contributed by atoms with van der Waals surface area (Å²) in [4.78, 5) is 42.2. The van der Waals surface area contributed by atoms with E-state index in [2.05, 4.69) is 10.3 Å². The Bertz CT molecular complexity index is 1280. The zero-order valence-electron chi connectivity index (χ0n) is 20.6. The first-order valence-electron chi connectivity index (χ1n) is 11.7. The maximum absolute atomic E-state index is 12.6. The maximum atomic E-state index is 12.6. The van der Waals surface area contributed by atoms with E-state index in [-0.39, 0.29) is 24.8 Å². The molecule has 0 saturated carbocycles. The Hall–Kier alpha value is -4.60. The van der Waals surface area contributed by atoms with Gasteiger partial charge in [-0.1, -0.05) is 6.07 Å². The third-order valence-electron chi connectivity index (χ3n) is 5.57. The fraction of sp³-hybridized carbons (Fsp3) is 0.259. The van der Waals surface area contributed by atoms with E-state index >= 15 is 0 Å². The van der Waals surface area contributed by atoms with E-state index in [1.165, 1.54) is 7.11 Å². The second kappa shape index (κ2) is 11.9. The number of anilines is 1. The number of ether oxygens (including phenoxy) is 4. The molecule has 2 aromatic carbocycles. The van der Waals surface area contributed by atoms with Crippen LogP contribution in [0.5, 0.6) is 17.2 Å². The molecule has 0 spiro atoms. The number of amides is 2. The number of hydrogen-bond acceptors (Lipinski definition) is 8. The molecule has 0 radical (unpaired) electrons. The summed E-state index contributed by atoms with van der Waals surface area (Å²) >= 11 is 0. The van der Waals surface area contributed by atoms with E-state index in [0.29, 0.717) is 59.4 Å². The topological polar surface area (TPSA) is 116 Å². The predicted molar refractivity (Wildman–Crippen MR) is 134 cm³/mol. The van der Waals surface area contributed by atoms with Gasteiger partial charge in [-0.05, 0) is 55.0 Å². The molecular weight excluding hydrogens is 478 g/mol. The molecule has 1 aliphatic rings. The van der Waals surface area contributed by atoms with Gasteiger partial charge in [-0.25, -0.2) is 4.79 Å². The number of carbonyl (C=O) groups is 3. The Kier molecular flexibility index (Phi) is 8.19. The lowest BCUT2D eigenvalue weighted by molar-refractivity contribution is -0.142. The third kappa shape index (κ3) is 6.54. The van der Waals surface area contributed by atoms with Crippen molar-refractivity contribution in [2.75, 3.05) is 32.2 Å². The molecule has 4 rings (SSSR count). The van der Waals surface area contributed by atoms with Gasteiger partial charge in [-0.2, -0.15) is 0 Å². The molecule has 10 nitrogen and oxygen atoms in total. The van der Waals surface area contributed by atoms with Gasteiger partial charge in [-0.15, -0.1) is 0 Å². The summed E-state index contributed by atoms with van der Waals surface area (Å²) in [5.41, 5.74) is 2.33. The van der Waals surface area contributed by atoms with Crippen molar-refractivity contribution in [2.45, 2.75) is 19.9 Å². The Morgan fingerprint density at radius 1 is 1.05 bits per heavy atom. The molecule has 0 bridgehead atoms. The Morgan fingerprint density at radius 2 is 1.84 bits per heavy atom. The molecule has 1 N–H and O–H groups in total. The van der Waals surface area contributed by atoms with Gasteiger partial charge >= 0.3 is 12.1 Å². The lowest BCUT2D eigenvalue weighted by Crippen LogP contribution is -2.24. The minimum Gasteiger partial charge on any atom is -0.493 e. The van der Waals surface area contributed by atoms with E-state index in [4.69, 9.17) is 18.9 Å². The van der Waals surface area contributed by atoms with Gasteiger partial charge in [0.15, 0.2) is 11.5 Å². The zero-order chi connectivity index (χ0) is 26.2. The standard InChI is InChI=1S/C27H27N3O7/c1-3-35-25(31)15-18-4-6-23(34-2)24(14-18)37-22-7-5-21(29-26(32)19-8-10-28-11-9-19)16-20(22)17-30-12-13-36-27(30)33/h4-11,14,16H,3,12-13,15,17H2,1-2H3,(H,29,32). The van der Waals surface area contributed by atoms with Crippen LogP contribution < -0.4 is 14.8 Å². The van der Waals surface area contributed by atoms with Crippen LogP contribution in [0.25, 0.3) is 0 Å². The summed E-state index contributed by atoms with van der Waals surface area (Å²) in [6, 6.07) is 13.6. The molecule has 2 amide bonds. The van der Waals surface area contributed by atoms with Crippen molar-refractivity contribution >= 4 is 23.7 Å². The van der Waals surface area contributed by atoms with Crippen molar-refractivity contribution in [2.24, 2.45) is 0 Å². The quantitative estimate of drug-likeness (QED) is 0.408. The smallest absolute Gasteiger partial charge is 0.410 e. The number of cyclic esters (lactones) is 1. The number of pyridine rings is 1. The van der Waals surface area contributed by atoms with Gasteiger partial charge in [0, 0.05) is 29.2 Å². The van der Waals surface area contributed by atoms with Gasteiger partial charge in [0.2, 0.25) is 0 Å². The van der Waals surface area contributed by atoms with Gasteiger partial charge in [0.05, 0.1) is 33.2 Å². The van der Waals surface area contributed by atoms with E-state index in [0.717, 1.165) is 0 Å². The number of carbonyl (C=O) groups excluding carboxylic acids is 3. The van der Waals surface area contributed by atoms with Crippen LogP contribution in [0.1, 0.15) is 28.4 Å². The number of nitrogens with one attached hydrogen (secondary N) is 1. The largest absolute Gasteiger partial charge is 0.493 e. The van der Waals surface area contributed by atoms with Gasteiger partial charge in [-0.3, -0.25) is 14.6 Å². The molecule has 0 unspecified atom stereocenters. The molecule has 192 valence electrons. The summed E-state index contributed by atoms with van der Waals surface area (Å²) in [5, 5.41) is 2.86. The first kappa shape index (κ1) is 25.5. The Labute approximate surface area is 214 Å². The summed E-state index contributed by atoms with van der Waals surface area (Å²) < 4.78 is 21.8. The van der Waals surface area contributed by atoms with Crippen LogP contribution in [0.3, 0.4) is 0 Å². The fourth-order valence-electron chi connectivity index (χ4n) is 3.77. The second-order valence-electron chi connectivity index (χ2n) is 8.12. The summed E-state index contributed by atoms with van der Waals surface area (Å²) in [5.74, 6) is 0.669. The van der Waals surface area contributed by atoms with Crippen molar-refractivity contribution in [3.8, 4) is 17.2 Å². The number of nitrogens with zero attached hydrogens (tertiary/aromatic N) is 2. The fourth-order valence-corrected chi connectivity index (χ4v) is 3.77. The van der Waals surface area contributed by atoms with Crippen LogP contribution in [0.4, 0.5) is 10.5 Å². The average Bonchev–Trinajstić information content (AvgIpc) is 3.30. The van der Waals surface area contributed by atoms with Crippen LogP contribution in [-0.2, 0) is 27.2 Å². The van der Waals surface area contributed by atoms with E-state index in [9.17, 15) is 14.4 Å². The van der Waals surface area contributed by atoms with Gasteiger partial charge in [0.1, 0.15) is 12.4 Å². The number of aromatic nitrogens is 1. The van der Waals surface area contributed by atoms with Crippen molar-refractivity contribution in [3.63, 3.8) is 0 Å². The molecule has 3 aromatic rings. The number of hydrogen-bond donors (Lipinski definition) is 1. The van der Waals surface area contributed by atoms with Crippen molar-refractivity contribution in [1.82, 2.24) is 9.88 Å². The summed E-state index contributed by atoms with van der Waals surface area (Å²) in [6.45, 7) is 2.99. The highest BCUT2D eigenvalue weighted by Gasteiger charge is 2.24. The number of methoxy groups -OCH3 is 1. The number of rotatable bonds is 10. The van der Waals surface area contributed by atoms with Crippen molar-refractivity contribution in [3.05, 3.63) is 77.6 Å². The first-order chi connectivity index (χ1) is 18.0. The molecule has 1 saturated heterocycles. The zero-order valence-corrected chi connectivity index (χ0v) is 20.6. The SMILES string of the molecule is CCOC(=O)Cc1ccc(OC)c(Oc2ccc(NC(=O)c3ccncc3)cc2CN2CCOC2=O)c1. The van der Waals surface area contributed by atoms with E-state index in [1.807, 2.05) is 0 Å². The summed E-state index contributed by atoms with van der Waals surface area (Å²) in [6.07, 6.45) is 2.74. The minimum absolute atomic E-state index is 0.0840. The molecule has 1 fully saturated rings. The normalized spacial score (nSPS) is 12.6. The number of esters is 1. The predicted octanol–water partition coefficient (Wildman–Crippen LogP) is 4.19.